The fourth-order valence-electron chi connectivity index (χ4n) is 1.83. The average molecular weight is 220 g/mol. The number of anilines is 1. The topological polar surface area (TPSA) is 55.6 Å². The molecular formula is C12H16N2O2. The lowest BCUT2D eigenvalue weighted by atomic mass is 10.2. The van der Waals surface area contributed by atoms with E-state index >= 15 is 0 Å². The van der Waals surface area contributed by atoms with Crippen LogP contribution < -0.4 is 15.4 Å². The molecule has 1 heterocycles. The third kappa shape index (κ3) is 1.88. The second-order valence-electron chi connectivity index (χ2n) is 3.88. The van der Waals surface area contributed by atoms with Crippen molar-refractivity contribution in [2.24, 2.45) is 5.73 Å². The Morgan fingerprint density at radius 1 is 1.50 bits per heavy atom. The summed E-state index contributed by atoms with van der Waals surface area (Å²) in [4.78, 5) is 13.7. The van der Waals surface area contributed by atoms with Gasteiger partial charge in [-0.3, -0.25) is 4.79 Å². The van der Waals surface area contributed by atoms with Gasteiger partial charge in [-0.1, -0.05) is 19.1 Å². The highest BCUT2D eigenvalue weighted by Crippen LogP contribution is 2.30. The van der Waals surface area contributed by atoms with E-state index in [1.54, 1.807) is 4.90 Å². The van der Waals surface area contributed by atoms with Crippen molar-refractivity contribution in [3.63, 3.8) is 0 Å². The summed E-state index contributed by atoms with van der Waals surface area (Å²) in [7, 11) is 0. The van der Waals surface area contributed by atoms with Crippen LogP contribution in [0.3, 0.4) is 0 Å². The summed E-state index contributed by atoms with van der Waals surface area (Å²) in [6, 6.07) is 6.97. The van der Waals surface area contributed by atoms with Gasteiger partial charge in [0.1, 0.15) is 18.4 Å². The highest BCUT2D eigenvalue weighted by Gasteiger charge is 2.27. The maximum absolute atomic E-state index is 12.0. The molecule has 0 unspecified atom stereocenters. The van der Waals surface area contributed by atoms with E-state index in [0.29, 0.717) is 6.54 Å². The summed E-state index contributed by atoms with van der Waals surface area (Å²) >= 11 is 0. The number of ether oxygens (including phenoxy) is 1. The van der Waals surface area contributed by atoms with E-state index in [0.717, 1.165) is 17.9 Å². The maximum Gasteiger partial charge on any atom is 0.247 e. The molecule has 0 aliphatic carbocycles. The molecule has 1 amide bonds. The van der Waals surface area contributed by atoms with Gasteiger partial charge in [0.25, 0.3) is 0 Å². The fourth-order valence-corrected chi connectivity index (χ4v) is 1.83. The van der Waals surface area contributed by atoms with E-state index in [2.05, 4.69) is 0 Å². The average Bonchev–Trinajstić information content (AvgIpc) is 2.42. The largest absolute Gasteiger partial charge is 0.489 e. The van der Waals surface area contributed by atoms with Crippen molar-refractivity contribution in [1.29, 1.82) is 0 Å². The number of hydrogen-bond acceptors (Lipinski definition) is 3. The zero-order valence-corrected chi connectivity index (χ0v) is 9.35. The minimum atomic E-state index is -0.570. The Labute approximate surface area is 95.0 Å². The van der Waals surface area contributed by atoms with Gasteiger partial charge in [0, 0.05) is 6.54 Å². The van der Waals surface area contributed by atoms with E-state index in [-0.39, 0.29) is 12.5 Å². The third-order valence-electron chi connectivity index (χ3n) is 2.60. The Morgan fingerprint density at radius 2 is 2.25 bits per heavy atom. The molecule has 0 saturated carbocycles. The van der Waals surface area contributed by atoms with Gasteiger partial charge in [-0.25, -0.2) is 0 Å². The second kappa shape index (κ2) is 4.53. The van der Waals surface area contributed by atoms with Gasteiger partial charge in [0.2, 0.25) is 5.91 Å². The van der Waals surface area contributed by atoms with Crippen LogP contribution in [0.25, 0.3) is 0 Å². The van der Waals surface area contributed by atoms with Crippen molar-refractivity contribution < 1.29 is 9.53 Å². The minimum Gasteiger partial charge on any atom is -0.489 e. The first-order chi connectivity index (χ1) is 7.74. The Kier molecular flexibility index (Phi) is 3.10. The summed E-state index contributed by atoms with van der Waals surface area (Å²) in [5.74, 6) is 0.670. The number of hydrogen-bond donors (Lipinski definition) is 1. The number of para-hydroxylation sites is 2. The standard InChI is InChI=1S/C12H16N2O2/c1-2-7-14-10-5-3-4-6-11(10)16-8-9(13)12(14)15/h3-6,9H,2,7-8,13H2,1H3/t9-/m0/s1. The van der Waals surface area contributed by atoms with Gasteiger partial charge >= 0.3 is 0 Å². The summed E-state index contributed by atoms with van der Waals surface area (Å²) < 4.78 is 5.52. The van der Waals surface area contributed by atoms with Crippen LogP contribution in [-0.4, -0.2) is 25.1 Å². The fraction of sp³-hybridized carbons (Fsp3) is 0.417. The van der Waals surface area contributed by atoms with Crippen LogP contribution in [0, 0.1) is 0 Å². The molecule has 4 heteroatoms. The van der Waals surface area contributed by atoms with Gasteiger partial charge in [-0.15, -0.1) is 0 Å². The van der Waals surface area contributed by atoms with Crippen LogP contribution in [0.15, 0.2) is 24.3 Å². The number of nitrogens with zero attached hydrogens (tertiary/aromatic N) is 1. The van der Waals surface area contributed by atoms with Gasteiger partial charge in [-0.2, -0.15) is 0 Å². The van der Waals surface area contributed by atoms with Crippen LogP contribution in [-0.2, 0) is 4.79 Å². The second-order valence-corrected chi connectivity index (χ2v) is 3.88. The monoisotopic (exact) mass is 220 g/mol. The molecule has 0 bridgehead atoms. The molecule has 2 rings (SSSR count). The van der Waals surface area contributed by atoms with Gasteiger partial charge in [0.15, 0.2) is 0 Å². The summed E-state index contributed by atoms with van der Waals surface area (Å²) in [6.45, 7) is 2.95. The zero-order valence-electron chi connectivity index (χ0n) is 9.35. The van der Waals surface area contributed by atoms with E-state index in [1.807, 2.05) is 31.2 Å². The van der Waals surface area contributed by atoms with Gasteiger partial charge in [0.05, 0.1) is 5.69 Å². The van der Waals surface area contributed by atoms with E-state index < -0.39 is 6.04 Å². The van der Waals surface area contributed by atoms with Gasteiger partial charge < -0.3 is 15.4 Å². The summed E-state index contributed by atoms with van der Waals surface area (Å²) in [5.41, 5.74) is 6.58. The molecule has 1 aromatic rings. The molecule has 1 aliphatic rings. The summed E-state index contributed by atoms with van der Waals surface area (Å²) in [5, 5.41) is 0. The molecule has 0 spiro atoms. The smallest absolute Gasteiger partial charge is 0.247 e. The summed E-state index contributed by atoms with van der Waals surface area (Å²) in [6.07, 6.45) is 0.896. The number of benzene rings is 1. The normalized spacial score (nSPS) is 20.0. The number of carbonyl (C=O) groups is 1. The lowest BCUT2D eigenvalue weighted by Gasteiger charge is -2.22. The molecule has 0 saturated heterocycles. The van der Waals surface area contributed by atoms with Crippen molar-refractivity contribution in [1.82, 2.24) is 0 Å². The van der Waals surface area contributed by atoms with E-state index in [1.165, 1.54) is 0 Å². The first-order valence-corrected chi connectivity index (χ1v) is 5.53. The highest BCUT2D eigenvalue weighted by molar-refractivity contribution is 5.99. The van der Waals surface area contributed by atoms with Crippen LogP contribution >= 0.6 is 0 Å². The quantitative estimate of drug-likeness (QED) is 0.813. The Balaban J connectivity index is 2.41. The van der Waals surface area contributed by atoms with E-state index in [9.17, 15) is 4.79 Å². The number of rotatable bonds is 2. The first-order valence-electron chi connectivity index (χ1n) is 5.53. The molecule has 4 nitrogen and oxygen atoms in total. The molecule has 1 aliphatic heterocycles. The van der Waals surface area contributed by atoms with E-state index in [4.69, 9.17) is 10.5 Å². The Hall–Kier alpha value is -1.55. The molecule has 16 heavy (non-hydrogen) atoms. The Morgan fingerprint density at radius 3 is 3.00 bits per heavy atom. The lowest BCUT2D eigenvalue weighted by molar-refractivity contribution is -0.120. The lowest BCUT2D eigenvalue weighted by Crippen LogP contribution is -2.45. The minimum absolute atomic E-state index is 0.0631. The van der Waals surface area contributed by atoms with Crippen molar-refractivity contribution in [3.05, 3.63) is 24.3 Å². The zero-order chi connectivity index (χ0) is 11.5. The van der Waals surface area contributed by atoms with Crippen LogP contribution in [0.1, 0.15) is 13.3 Å². The van der Waals surface area contributed by atoms with Crippen molar-refractivity contribution in [2.75, 3.05) is 18.1 Å². The number of amides is 1. The van der Waals surface area contributed by atoms with Crippen molar-refractivity contribution >= 4 is 11.6 Å². The predicted molar refractivity (Wildman–Crippen MR) is 62.6 cm³/mol. The first kappa shape index (κ1) is 11.0. The highest BCUT2D eigenvalue weighted by atomic mass is 16.5. The molecule has 0 fully saturated rings. The molecule has 86 valence electrons. The maximum atomic E-state index is 12.0. The molecule has 2 N–H and O–H groups in total. The van der Waals surface area contributed by atoms with Gasteiger partial charge in [-0.05, 0) is 18.6 Å². The predicted octanol–water partition coefficient (Wildman–Crippen LogP) is 1.15. The van der Waals surface area contributed by atoms with Crippen LogP contribution in [0.5, 0.6) is 5.75 Å². The van der Waals surface area contributed by atoms with Crippen molar-refractivity contribution in [2.45, 2.75) is 19.4 Å². The number of nitrogens with two attached hydrogens (primary N) is 1. The SMILES string of the molecule is CCCN1C(=O)[C@@H](N)COc2ccccc21. The van der Waals surface area contributed by atoms with Crippen molar-refractivity contribution in [3.8, 4) is 5.75 Å². The molecule has 0 aromatic heterocycles. The molecule has 0 radical (unpaired) electrons. The third-order valence-corrected chi connectivity index (χ3v) is 2.60. The molecule has 1 aromatic carbocycles. The molecule has 1 atom stereocenters. The number of fused-ring (bicyclic) bond motifs is 1. The van der Waals surface area contributed by atoms with Crippen LogP contribution in [0.2, 0.25) is 0 Å². The number of carbonyl (C=O) groups excluding carboxylic acids is 1. The Bertz CT molecular complexity index is 392. The van der Waals surface area contributed by atoms with Crippen LogP contribution in [0.4, 0.5) is 5.69 Å². The molecular weight excluding hydrogens is 204 g/mol.